The Kier molecular flexibility index (Phi) is 3.67. The van der Waals surface area contributed by atoms with Gasteiger partial charge in [0, 0.05) is 0 Å². The van der Waals surface area contributed by atoms with Crippen molar-refractivity contribution >= 4 is 0 Å². The van der Waals surface area contributed by atoms with Crippen LogP contribution in [0.2, 0.25) is 0 Å². The van der Waals surface area contributed by atoms with Crippen LogP contribution in [0.1, 0.15) is 57.1 Å². The lowest BCUT2D eigenvalue weighted by Crippen LogP contribution is -2.24. The highest BCUT2D eigenvalue weighted by Gasteiger charge is 2.41. The van der Waals surface area contributed by atoms with Crippen molar-refractivity contribution in [2.24, 2.45) is 11.3 Å². The molecule has 0 aliphatic heterocycles. The van der Waals surface area contributed by atoms with Crippen LogP contribution in [0, 0.1) is 11.3 Å². The van der Waals surface area contributed by atoms with Crippen LogP contribution in [0.3, 0.4) is 0 Å². The normalized spacial score (nSPS) is 24.7. The number of hydrogen-bond donors (Lipinski definition) is 0. The second kappa shape index (κ2) is 4.84. The molecule has 106 valence electrons. The van der Waals surface area contributed by atoms with Gasteiger partial charge in [-0.3, -0.25) is 0 Å². The lowest BCUT2D eigenvalue weighted by Gasteiger charge is -2.33. The highest BCUT2D eigenvalue weighted by Crippen LogP contribution is 2.50. The van der Waals surface area contributed by atoms with Crippen LogP contribution in [0.25, 0.3) is 0 Å². The fourth-order valence-electron chi connectivity index (χ4n) is 3.45. The molecule has 1 aromatic rings. The molecule has 0 N–H and O–H groups in total. The van der Waals surface area contributed by atoms with Crippen LogP contribution in [0.4, 0.5) is 13.2 Å². The maximum absolute atomic E-state index is 13.1. The molecule has 0 saturated heterocycles. The van der Waals surface area contributed by atoms with Crippen molar-refractivity contribution in [3.63, 3.8) is 0 Å². The van der Waals surface area contributed by atoms with E-state index < -0.39 is 11.7 Å². The van der Waals surface area contributed by atoms with E-state index in [2.05, 4.69) is 20.8 Å². The molecule has 2 unspecified atom stereocenters. The zero-order valence-corrected chi connectivity index (χ0v) is 11.7. The summed E-state index contributed by atoms with van der Waals surface area (Å²) in [7, 11) is 0. The van der Waals surface area contributed by atoms with Crippen molar-refractivity contribution in [2.75, 3.05) is 0 Å². The predicted molar refractivity (Wildman–Crippen MR) is 71.0 cm³/mol. The fourth-order valence-corrected chi connectivity index (χ4v) is 3.45. The van der Waals surface area contributed by atoms with Gasteiger partial charge in [-0.1, -0.05) is 45.4 Å². The first-order valence-electron chi connectivity index (χ1n) is 6.87. The lowest BCUT2D eigenvalue weighted by atomic mass is 9.72. The van der Waals surface area contributed by atoms with Crippen LogP contribution in [-0.4, -0.2) is 0 Å². The summed E-state index contributed by atoms with van der Waals surface area (Å²) in [4.78, 5) is 0. The van der Waals surface area contributed by atoms with E-state index >= 15 is 0 Å². The molecule has 1 saturated carbocycles. The highest BCUT2D eigenvalue weighted by molar-refractivity contribution is 5.34. The Bertz CT molecular complexity index is 440. The van der Waals surface area contributed by atoms with Gasteiger partial charge in [0.05, 0.1) is 5.56 Å². The molecular formula is C16H21F3. The Balaban J connectivity index is 2.42. The molecule has 1 aliphatic rings. The smallest absolute Gasteiger partial charge is 0.166 e. The number of benzene rings is 1. The fraction of sp³-hybridized carbons (Fsp3) is 0.625. The monoisotopic (exact) mass is 270 g/mol. The first-order chi connectivity index (χ1) is 8.71. The Labute approximate surface area is 113 Å². The van der Waals surface area contributed by atoms with Gasteiger partial charge in [-0.05, 0) is 41.7 Å². The number of rotatable bonds is 1. The van der Waals surface area contributed by atoms with Crippen molar-refractivity contribution in [1.29, 1.82) is 0 Å². The van der Waals surface area contributed by atoms with E-state index in [-0.39, 0.29) is 11.3 Å². The first-order valence-corrected chi connectivity index (χ1v) is 6.87. The largest absolute Gasteiger partial charge is 0.416 e. The van der Waals surface area contributed by atoms with Crippen molar-refractivity contribution in [2.45, 2.75) is 52.1 Å². The molecular weight excluding hydrogens is 249 g/mol. The summed E-state index contributed by atoms with van der Waals surface area (Å²) in [6.07, 6.45) is -1.32. The molecule has 2 rings (SSSR count). The number of alkyl halides is 3. The van der Waals surface area contributed by atoms with Gasteiger partial charge >= 0.3 is 6.18 Å². The molecule has 1 aliphatic carbocycles. The van der Waals surface area contributed by atoms with Gasteiger partial charge < -0.3 is 0 Å². The topological polar surface area (TPSA) is 0 Å². The molecule has 0 heterocycles. The van der Waals surface area contributed by atoms with Gasteiger partial charge in [-0.15, -0.1) is 0 Å². The summed E-state index contributed by atoms with van der Waals surface area (Å²) in [5, 5.41) is 0. The molecule has 1 fully saturated rings. The average Bonchev–Trinajstić information content (AvgIpc) is 2.76. The summed E-state index contributed by atoms with van der Waals surface area (Å²) in [5.41, 5.74) is 0.100. The van der Waals surface area contributed by atoms with E-state index in [1.807, 2.05) is 0 Å². The molecule has 0 amide bonds. The minimum Gasteiger partial charge on any atom is -0.166 e. The summed E-state index contributed by atoms with van der Waals surface area (Å²) in [6, 6.07) is 6.08. The predicted octanol–water partition coefficient (Wildman–Crippen LogP) is 5.64. The van der Waals surface area contributed by atoms with E-state index in [0.29, 0.717) is 11.5 Å². The van der Waals surface area contributed by atoms with Gasteiger partial charge in [-0.25, -0.2) is 0 Å². The molecule has 0 spiro atoms. The second-order valence-electron chi connectivity index (χ2n) is 6.59. The third-order valence-corrected chi connectivity index (χ3v) is 4.29. The third-order valence-electron chi connectivity index (χ3n) is 4.29. The van der Waals surface area contributed by atoms with Crippen LogP contribution in [0.5, 0.6) is 0 Å². The SMILES string of the molecule is CC(C)(C)C1CCCC1c1ccccc1C(F)(F)F. The van der Waals surface area contributed by atoms with E-state index in [9.17, 15) is 13.2 Å². The first kappa shape index (κ1) is 14.4. The van der Waals surface area contributed by atoms with Gasteiger partial charge in [0.1, 0.15) is 0 Å². The standard InChI is InChI=1S/C16H21F3/c1-15(2,3)13-10-6-8-11(13)12-7-4-5-9-14(12)16(17,18)19/h4-5,7,9,11,13H,6,8,10H2,1-3H3. The maximum atomic E-state index is 13.1. The second-order valence-corrected chi connectivity index (χ2v) is 6.59. The van der Waals surface area contributed by atoms with Crippen molar-refractivity contribution in [1.82, 2.24) is 0 Å². The Hall–Kier alpha value is -0.990. The van der Waals surface area contributed by atoms with E-state index in [1.165, 1.54) is 12.1 Å². The molecule has 0 radical (unpaired) electrons. The lowest BCUT2D eigenvalue weighted by molar-refractivity contribution is -0.138. The van der Waals surface area contributed by atoms with Gasteiger partial charge in [0.25, 0.3) is 0 Å². The molecule has 0 nitrogen and oxygen atoms in total. The van der Waals surface area contributed by atoms with E-state index in [4.69, 9.17) is 0 Å². The summed E-state index contributed by atoms with van der Waals surface area (Å²) in [6.45, 7) is 6.39. The van der Waals surface area contributed by atoms with Crippen LogP contribution in [-0.2, 0) is 6.18 Å². The van der Waals surface area contributed by atoms with Gasteiger partial charge in [0.15, 0.2) is 0 Å². The average molecular weight is 270 g/mol. The number of hydrogen-bond acceptors (Lipinski definition) is 0. The minimum atomic E-state index is -4.25. The number of halogens is 3. The van der Waals surface area contributed by atoms with Gasteiger partial charge in [-0.2, -0.15) is 13.2 Å². The Morgan fingerprint density at radius 1 is 1.00 bits per heavy atom. The summed E-state index contributed by atoms with van der Waals surface area (Å²) >= 11 is 0. The molecule has 2 atom stereocenters. The zero-order chi connectivity index (χ0) is 14.3. The molecule has 19 heavy (non-hydrogen) atoms. The zero-order valence-electron chi connectivity index (χ0n) is 11.7. The third kappa shape index (κ3) is 2.96. The van der Waals surface area contributed by atoms with Crippen molar-refractivity contribution < 1.29 is 13.2 Å². The van der Waals surface area contributed by atoms with E-state index in [0.717, 1.165) is 19.3 Å². The molecule has 3 heteroatoms. The van der Waals surface area contributed by atoms with Crippen LogP contribution < -0.4 is 0 Å². The summed E-state index contributed by atoms with van der Waals surface area (Å²) < 4.78 is 39.4. The maximum Gasteiger partial charge on any atom is 0.416 e. The Morgan fingerprint density at radius 3 is 2.21 bits per heavy atom. The van der Waals surface area contributed by atoms with E-state index in [1.54, 1.807) is 12.1 Å². The Morgan fingerprint density at radius 2 is 1.63 bits per heavy atom. The van der Waals surface area contributed by atoms with Crippen LogP contribution >= 0.6 is 0 Å². The van der Waals surface area contributed by atoms with Gasteiger partial charge in [0.2, 0.25) is 0 Å². The molecule has 1 aromatic carbocycles. The minimum absolute atomic E-state index is 0.0397. The molecule has 0 aromatic heterocycles. The van der Waals surface area contributed by atoms with Crippen molar-refractivity contribution in [3.05, 3.63) is 35.4 Å². The quantitative estimate of drug-likeness (QED) is 0.620. The molecule has 0 bridgehead atoms. The summed E-state index contributed by atoms with van der Waals surface area (Å²) in [5.74, 6) is 0.369. The highest BCUT2D eigenvalue weighted by atomic mass is 19.4. The van der Waals surface area contributed by atoms with Crippen molar-refractivity contribution in [3.8, 4) is 0 Å². The van der Waals surface area contributed by atoms with Crippen LogP contribution in [0.15, 0.2) is 24.3 Å².